The second-order valence-corrected chi connectivity index (χ2v) is 6.99. The molecule has 17 heavy (non-hydrogen) atoms. The molecule has 0 aromatic carbocycles. The third kappa shape index (κ3) is 3.93. The number of sulfonamides is 1. The number of nitrogens with zero attached hydrogens (tertiary/aromatic N) is 2. The van der Waals surface area contributed by atoms with Crippen LogP contribution < -0.4 is 0 Å². The van der Waals surface area contributed by atoms with Gasteiger partial charge in [0.15, 0.2) is 0 Å². The first kappa shape index (κ1) is 14.9. The first-order chi connectivity index (χ1) is 7.90. The van der Waals surface area contributed by atoms with Crippen molar-refractivity contribution in [2.45, 2.75) is 52.1 Å². The van der Waals surface area contributed by atoms with E-state index in [0.29, 0.717) is 25.2 Å². The summed E-state index contributed by atoms with van der Waals surface area (Å²) in [6.07, 6.45) is 4.74. The van der Waals surface area contributed by atoms with E-state index in [-0.39, 0.29) is 0 Å². The van der Waals surface area contributed by atoms with E-state index in [1.54, 1.807) is 4.31 Å². The molecule has 0 aromatic heterocycles. The van der Waals surface area contributed by atoms with Gasteiger partial charge in [0.2, 0.25) is 10.0 Å². The number of hydrogen-bond donors (Lipinski definition) is 0. The number of rotatable bonds is 6. The van der Waals surface area contributed by atoms with Gasteiger partial charge in [-0.25, -0.2) is 12.7 Å². The normalized spacial score (nSPS) is 24.4. The Morgan fingerprint density at radius 1 is 1.41 bits per heavy atom. The van der Waals surface area contributed by atoms with Crippen molar-refractivity contribution in [3.05, 3.63) is 0 Å². The summed E-state index contributed by atoms with van der Waals surface area (Å²) in [4.78, 5) is 2.47. The summed E-state index contributed by atoms with van der Waals surface area (Å²) in [7, 11) is -3.05. The van der Waals surface area contributed by atoms with Gasteiger partial charge in [0.1, 0.15) is 0 Å². The van der Waals surface area contributed by atoms with Gasteiger partial charge in [-0.15, -0.1) is 0 Å². The molecule has 0 amide bonds. The molecular formula is C12H26N2O2S. The van der Waals surface area contributed by atoms with Crippen LogP contribution in [0.5, 0.6) is 0 Å². The number of likely N-dealkylation sites (N-methyl/N-ethyl adjacent to an activating group) is 1. The number of likely N-dealkylation sites (tertiary alicyclic amines) is 1. The van der Waals surface area contributed by atoms with Crippen molar-refractivity contribution >= 4 is 10.0 Å². The molecule has 102 valence electrons. The second kappa shape index (κ2) is 6.16. The van der Waals surface area contributed by atoms with E-state index in [0.717, 1.165) is 19.4 Å². The second-order valence-electron chi connectivity index (χ2n) is 5.00. The molecule has 0 spiro atoms. The van der Waals surface area contributed by atoms with Crippen LogP contribution in [0.4, 0.5) is 0 Å². The predicted octanol–water partition coefficient (Wildman–Crippen LogP) is 1.53. The highest BCUT2D eigenvalue weighted by molar-refractivity contribution is 7.88. The first-order valence-electron chi connectivity index (χ1n) is 6.61. The lowest BCUT2D eigenvalue weighted by atomic mass is 10.1. The summed E-state index contributed by atoms with van der Waals surface area (Å²) in [6, 6.07) is 0.959. The van der Waals surface area contributed by atoms with Crippen molar-refractivity contribution in [2.75, 3.05) is 25.9 Å². The summed E-state index contributed by atoms with van der Waals surface area (Å²) in [5.41, 5.74) is 0. The lowest BCUT2D eigenvalue weighted by molar-refractivity contribution is 0.166. The van der Waals surface area contributed by atoms with Crippen molar-refractivity contribution in [3.63, 3.8) is 0 Å². The van der Waals surface area contributed by atoms with Gasteiger partial charge < -0.3 is 0 Å². The van der Waals surface area contributed by atoms with Crippen LogP contribution >= 0.6 is 0 Å². The van der Waals surface area contributed by atoms with E-state index in [1.807, 2.05) is 6.92 Å². The predicted molar refractivity (Wildman–Crippen MR) is 71.6 cm³/mol. The molecule has 2 unspecified atom stereocenters. The smallest absolute Gasteiger partial charge is 0.211 e. The van der Waals surface area contributed by atoms with Crippen molar-refractivity contribution in [3.8, 4) is 0 Å². The van der Waals surface area contributed by atoms with Crippen molar-refractivity contribution < 1.29 is 8.42 Å². The van der Waals surface area contributed by atoms with Crippen LogP contribution in [-0.4, -0.2) is 55.6 Å². The topological polar surface area (TPSA) is 40.6 Å². The van der Waals surface area contributed by atoms with Gasteiger partial charge in [-0.05, 0) is 32.7 Å². The van der Waals surface area contributed by atoms with E-state index in [4.69, 9.17) is 0 Å². The summed E-state index contributed by atoms with van der Waals surface area (Å²) in [6.45, 7) is 8.66. The lowest BCUT2D eigenvalue weighted by Crippen LogP contribution is -2.45. The molecule has 1 rings (SSSR count). The van der Waals surface area contributed by atoms with E-state index >= 15 is 0 Å². The van der Waals surface area contributed by atoms with Gasteiger partial charge in [-0.2, -0.15) is 0 Å². The fraction of sp³-hybridized carbons (Fsp3) is 1.00. The fourth-order valence-electron chi connectivity index (χ4n) is 2.60. The average Bonchev–Trinajstić information content (AvgIpc) is 2.71. The maximum atomic E-state index is 11.6. The van der Waals surface area contributed by atoms with Crippen LogP contribution in [0.1, 0.15) is 40.0 Å². The summed E-state index contributed by atoms with van der Waals surface area (Å²) in [5.74, 6) is 0. The molecular weight excluding hydrogens is 236 g/mol. The Bertz CT molecular complexity index is 329. The van der Waals surface area contributed by atoms with Crippen LogP contribution in [0.25, 0.3) is 0 Å². The molecule has 0 radical (unpaired) electrons. The number of hydrogen-bond acceptors (Lipinski definition) is 3. The van der Waals surface area contributed by atoms with Gasteiger partial charge in [0, 0.05) is 25.2 Å². The minimum atomic E-state index is -3.05. The van der Waals surface area contributed by atoms with Crippen molar-refractivity contribution in [1.29, 1.82) is 0 Å². The molecule has 0 N–H and O–H groups in total. The van der Waals surface area contributed by atoms with Gasteiger partial charge in [0.25, 0.3) is 0 Å². The average molecular weight is 262 g/mol. The van der Waals surface area contributed by atoms with Crippen LogP contribution in [-0.2, 0) is 10.0 Å². The largest absolute Gasteiger partial charge is 0.296 e. The van der Waals surface area contributed by atoms with Gasteiger partial charge in [0.05, 0.1) is 6.26 Å². The maximum Gasteiger partial charge on any atom is 0.211 e. The van der Waals surface area contributed by atoms with E-state index in [1.165, 1.54) is 12.7 Å². The molecule has 0 saturated carbocycles. The van der Waals surface area contributed by atoms with Crippen LogP contribution in [0.3, 0.4) is 0 Å². The molecule has 0 aliphatic carbocycles. The van der Waals surface area contributed by atoms with Crippen LogP contribution in [0.2, 0.25) is 0 Å². The molecule has 0 aromatic rings. The molecule has 2 atom stereocenters. The molecule has 5 heteroatoms. The van der Waals surface area contributed by atoms with E-state index < -0.39 is 10.0 Å². The SMILES string of the molecule is CCC(C)N1CCCC1CN(CC)S(C)(=O)=O. The molecule has 1 aliphatic heterocycles. The van der Waals surface area contributed by atoms with Gasteiger partial charge in [-0.3, -0.25) is 4.90 Å². The minimum absolute atomic E-state index is 0.402. The molecule has 1 aliphatic rings. The summed E-state index contributed by atoms with van der Waals surface area (Å²) >= 11 is 0. The zero-order valence-electron chi connectivity index (χ0n) is 11.5. The Labute approximate surface area is 106 Å². The Morgan fingerprint density at radius 2 is 2.06 bits per heavy atom. The Hall–Kier alpha value is -0.130. The summed E-state index contributed by atoms with van der Waals surface area (Å²) in [5, 5.41) is 0. The highest BCUT2D eigenvalue weighted by Crippen LogP contribution is 2.22. The molecule has 1 saturated heterocycles. The molecule has 1 heterocycles. The molecule has 0 bridgehead atoms. The quantitative estimate of drug-likeness (QED) is 0.729. The maximum absolute atomic E-state index is 11.6. The van der Waals surface area contributed by atoms with Gasteiger partial charge in [-0.1, -0.05) is 13.8 Å². The Morgan fingerprint density at radius 3 is 2.53 bits per heavy atom. The third-order valence-electron chi connectivity index (χ3n) is 3.82. The van der Waals surface area contributed by atoms with Crippen LogP contribution in [0.15, 0.2) is 0 Å². The van der Waals surface area contributed by atoms with Gasteiger partial charge >= 0.3 is 0 Å². The zero-order valence-corrected chi connectivity index (χ0v) is 12.3. The lowest BCUT2D eigenvalue weighted by Gasteiger charge is -2.32. The fourth-order valence-corrected chi connectivity index (χ4v) is 3.51. The van der Waals surface area contributed by atoms with E-state index in [9.17, 15) is 8.42 Å². The highest BCUT2D eigenvalue weighted by atomic mass is 32.2. The molecule has 4 nitrogen and oxygen atoms in total. The standard InChI is InChI=1S/C12H26N2O2S/c1-5-11(3)14-9-7-8-12(14)10-13(6-2)17(4,15)16/h11-12H,5-10H2,1-4H3. The van der Waals surface area contributed by atoms with E-state index in [2.05, 4.69) is 18.7 Å². The van der Waals surface area contributed by atoms with Crippen LogP contribution in [0, 0.1) is 0 Å². The minimum Gasteiger partial charge on any atom is -0.296 e. The highest BCUT2D eigenvalue weighted by Gasteiger charge is 2.30. The Balaban J connectivity index is 2.66. The third-order valence-corrected chi connectivity index (χ3v) is 5.16. The monoisotopic (exact) mass is 262 g/mol. The zero-order chi connectivity index (χ0) is 13.1. The Kier molecular flexibility index (Phi) is 5.41. The molecule has 1 fully saturated rings. The first-order valence-corrected chi connectivity index (χ1v) is 8.45. The van der Waals surface area contributed by atoms with Crippen molar-refractivity contribution in [1.82, 2.24) is 9.21 Å². The van der Waals surface area contributed by atoms with Crippen molar-refractivity contribution in [2.24, 2.45) is 0 Å². The summed E-state index contributed by atoms with van der Waals surface area (Å²) < 4.78 is 24.8.